The lowest BCUT2D eigenvalue weighted by Crippen LogP contribution is -2.47. The molecule has 0 bridgehead atoms. The summed E-state index contributed by atoms with van der Waals surface area (Å²) < 4.78 is 0. The van der Waals surface area contributed by atoms with Crippen molar-refractivity contribution in [2.45, 2.75) is 42.9 Å². The number of nitrogens with one attached hydrogen (secondary N) is 3. The van der Waals surface area contributed by atoms with Crippen molar-refractivity contribution in [3.05, 3.63) is 24.3 Å². The van der Waals surface area contributed by atoms with E-state index in [0.717, 1.165) is 36.5 Å². The SMILES string of the molecule is CC(=O)Nc1ccc(SC(C)C(=O)N[C@H]2CCCNC2)cc1. The van der Waals surface area contributed by atoms with Crippen molar-refractivity contribution in [1.29, 1.82) is 0 Å². The molecule has 1 unspecified atom stereocenters. The minimum absolute atomic E-state index is 0.0737. The highest BCUT2D eigenvalue weighted by Gasteiger charge is 2.20. The van der Waals surface area contributed by atoms with Crippen LogP contribution >= 0.6 is 11.8 Å². The van der Waals surface area contributed by atoms with E-state index in [9.17, 15) is 9.59 Å². The minimum atomic E-state index is -0.145. The van der Waals surface area contributed by atoms with Gasteiger partial charge < -0.3 is 16.0 Å². The Morgan fingerprint density at radius 1 is 1.32 bits per heavy atom. The van der Waals surface area contributed by atoms with Gasteiger partial charge in [-0.25, -0.2) is 0 Å². The van der Waals surface area contributed by atoms with E-state index in [4.69, 9.17) is 0 Å². The van der Waals surface area contributed by atoms with Gasteiger partial charge in [-0.3, -0.25) is 9.59 Å². The molecule has 1 aromatic rings. The highest BCUT2D eigenvalue weighted by Crippen LogP contribution is 2.25. The number of carbonyl (C=O) groups excluding carboxylic acids is 2. The fourth-order valence-corrected chi connectivity index (χ4v) is 3.25. The molecule has 22 heavy (non-hydrogen) atoms. The second-order valence-corrected chi connectivity index (χ2v) is 6.93. The molecule has 0 spiro atoms. The number of benzene rings is 1. The largest absolute Gasteiger partial charge is 0.351 e. The predicted octanol–water partition coefficient (Wildman–Crippen LogP) is 1.99. The summed E-state index contributed by atoms with van der Waals surface area (Å²) in [6, 6.07) is 7.77. The van der Waals surface area contributed by atoms with E-state index in [2.05, 4.69) is 16.0 Å². The van der Waals surface area contributed by atoms with E-state index in [-0.39, 0.29) is 23.1 Å². The number of rotatable bonds is 5. The van der Waals surface area contributed by atoms with Crippen LogP contribution in [0.25, 0.3) is 0 Å². The Balaban J connectivity index is 1.83. The predicted molar refractivity (Wildman–Crippen MR) is 90.1 cm³/mol. The zero-order valence-electron chi connectivity index (χ0n) is 13.0. The average Bonchev–Trinajstić information content (AvgIpc) is 2.49. The Labute approximate surface area is 135 Å². The van der Waals surface area contributed by atoms with Crippen molar-refractivity contribution in [1.82, 2.24) is 10.6 Å². The van der Waals surface area contributed by atoms with Gasteiger partial charge in [0.25, 0.3) is 0 Å². The van der Waals surface area contributed by atoms with Crippen LogP contribution in [-0.4, -0.2) is 36.2 Å². The van der Waals surface area contributed by atoms with Gasteiger partial charge in [0.1, 0.15) is 0 Å². The van der Waals surface area contributed by atoms with Gasteiger partial charge >= 0.3 is 0 Å². The molecular formula is C16H23N3O2S. The summed E-state index contributed by atoms with van der Waals surface area (Å²) in [4.78, 5) is 24.2. The van der Waals surface area contributed by atoms with Crippen molar-refractivity contribution >= 4 is 29.3 Å². The molecule has 3 N–H and O–H groups in total. The molecule has 0 radical (unpaired) electrons. The third kappa shape index (κ3) is 5.35. The molecule has 0 saturated carbocycles. The molecule has 2 atom stereocenters. The molecule has 0 aliphatic carbocycles. The smallest absolute Gasteiger partial charge is 0.233 e. The van der Waals surface area contributed by atoms with Crippen LogP contribution in [-0.2, 0) is 9.59 Å². The van der Waals surface area contributed by atoms with Crippen molar-refractivity contribution in [2.24, 2.45) is 0 Å². The maximum Gasteiger partial charge on any atom is 0.233 e. The number of carbonyl (C=O) groups is 2. The summed E-state index contributed by atoms with van der Waals surface area (Å²) in [5.41, 5.74) is 0.766. The maximum atomic E-state index is 12.2. The summed E-state index contributed by atoms with van der Waals surface area (Å²) in [5.74, 6) is -0.0149. The van der Waals surface area contributed by atoms with Crippen molar-refractivity contribution in [3.63, 3.8) is 0 Å². The fraction of sp³-hybridized carbons (Fsp3) is 0.500. The van der Waals surface area contributed by atoms with Gasteiger partial charge in [0.2, 0.25) is 11.8 Å². The fourth-order valence-electron chi connectivity index (χ4n) is 2.37. The molecule has 5 nitrogen and oxygen atoms in total. The van der Waals surface area contributed by atoms with Crippen LogP contribution in [0.15, 0.2) is 29.2 Å². The van der Waals surface area contributed by atoms with Crippen LogP contribution in [0.5, 0.6) is 0 Å². The minimum Gasteiger partial charge on any atom is -0.351 e. The average molecular weight is 321 g/mol. The Morgan fingerprint density at radius 2 is 2.05 bits per heavy atom. The first-order valence-corrected chi connectivity index (χ1v) is 8.48. The zero-order valence-corrected chi connectivity index (χ0v) is 13.8. The van der Waals surface area contributed by atoms with E-state index in [0.29, 0.717) is 0 Å². The molecule has 6 heteroatoms. The number of piperidine rings is 1. The van der Waals surface area contributed by atoms with Gasteiger partial charge in [0.15, 0.2) is 0 Å². The molecule has 1 fully saturated rings. The van der Waals surface area contributed by atoms with Crippen molar-refractivity contribution < 1.29 is 9.59 Å². The normalized spacial score (nSPS) is 19.3. The first kappa shape index (κ1) is 16.8. The monoisotopic (exact) mass is 321 g/mol. The van der Waals surface area contributed by atoms with Gasteiger partial charge in [0.05, 0.1) is 5.25 Å². The standard InChI is InChI=1S/C16H23N3O2S/c1-11(16(21)19-14-4-3-9-17-10-14)22-15-7-5-13(6-8-15)18-12(2)20/h5-8,11,14,17H,3-4,9-10H2,1-2H3,(H,18,20)(H,19,21)/t11?,14-/m0/s1. The first-order chi connectivity index (χ1) is 10.5. The number of anilines is 1. The Kier molecular flexibility index (Phi) is 6.27. The van der Waals surface area contributed by atoms with Gasteiger partial charge in [0, 0.05) is 30.1 Å². The molecule has 1 aliphatic rings. The lowest BCUT2D eigenvalue weighted by molar-refractivity contribution is -0.121. The first-order valence-electron chi connectivity index (χ1n) is 7.60. The molecule has 120 valence electrons. The number of hydrogen-bond acceptors (Lipinski definition) is 4. The number of thioether (sulfide) groups is 1. The summed E-state index contributed by atoms with van der Waals surface area (Å²) in [5, 5.41) is 8.97. The number of amides is 2. The molecule has 2 rings (SSSR count). The Bertz CT molecular complexity index is 513. The van der Waals surface area contributed by atoms with Gasteiger partial charge in [-0.15, -0.1) is 11.8 Å². The molecule has 1 aliphatic heterocycles. The molecule has 1 heterocycles. The Morgan fingerprint density at radius 3 is 2.64 bits per heavy atom. The van der Waals surface area contributed by atoms with Crippen LogP contribution in [0.2, 0.25) is 0 Å². The third-order valence-corrected chi connectivity index (χ3v) is 4.61. The van der Waals surface area contributed by atoms with Crippen LogP contribution in [0.4, 0.5) is 5.69 Å². The lowest BCUT2D eigenvalue weighted by Gasteiger charge is -2.25. The highest BCUT2D eigenvalue weighted by molar-refractivity contribution is 8.00. The summed E-state index contributed by atoms with van der Waals surface area (Å²) in [6.07, 6.45) is 2.15. The van der Waals surface area contributed by atoms with Crippen molar-refractivity contribution in [3.8, 4) is 0 Å². The van der Waals surface area contributed by atoms with E-state index in [1.165, 1.54) is 18.7 Å². The van der Waals surface area contributed by atoms with Crippen LogP contribution < -0.4 is 16.0 Å². The van der Waals surface area contributed by atoms with E-state index in [1.807, 2.05) is 31.2 Å². The Hall–Kier alpha value is -1.53. The van der Waals surface area contributed by atoms with Gasteiger partial charge in [-0.05, 0) is 50.6 Å². The summed E-state index contributed by atoms with van der Waals surface area (Å²) >= 11 is 1.52. The quantitative estimate of drug-likeness (QED) is 0.726. The highest BCUT2D eigenvalue weighted by atomic mass is 32.2. The topological polar surface area (TPSA) is 70.2 Å². The second kappa shape index (κ2) is 8.19. The zero-order chi connectivity index (χ0) is 15.9. The third-order valence-electron chi connectivity index (χ3n) is 3.50. The molecule has 1 saturated heterocycles. The number of hydrogen-bond donors (Lipinski definition) is 3. The van der Waals surface area contributed by atoms with Crippen LogP contribution in [0, 0.1) is 0 Å². The van der Waals surface area contributed by atoms with E-state index < -0.39 is 0 Å². The van der Waals surface area contributed by atoms with Gasteiger partial charge in [-0.2, -0.15) is 0 Å². The lowest BCUT2D eigenvalue weighted by atomic mass is 10.1. The van der Waals surface area contributed by atoms with Crippen molar-refractivity contribution in [2.75, 3.05) is 18.4 Å². The van der Waals surface area contributed by atoms with E-state index >= 15 is 0 Å². The summed E-state index contributed by atoms with van der Waals surface area (Å²) in [6.45, 7) is 5.29. The molecule has 1 aromatic carbocycles. The molecule has 0 aromatic heterocycles. The van der Waals surface area contributed by atoms with E-state index in [1.54, 1.807) is 0 Å². The van der Waals surface area contributed by atoms with Gasteiger partial charge in [-0.1, -0.05) is 0 Å². The second-order valence-electron chi connectivity index (χ2n) is 5.52. The summed E-state index contributed by atoms with van der Waals surface area (Å²) in [7, 11) is 0. The molecule has 2 amide bonds. The maximum absolute atomic E-state index is 12.2. The molecular weight excluding hydrogens is 298 g/mol. The van der Waals surface area contributed by atoms with Crippen LogP contribution in [0.1, 0.15) is 26.7 Å². The van der Waals surface area contributed by atoms with Crippen LogP contribution in [0.3, 0.4) is 0 Å².